The summed E-state index contributed by atoms with van der Waals surface area (Å²) in [4.78, 5) is 10.1. The van der Waals surface area contributed by atoms with Crippen LogP contribution in [0.4, 0.5) is 18.9 Å². The van der Waals surface area contributed by atoms with Gasteiger partial charge in [0.25, 0.3) is 0 Å². The summed E-state index contributed by atoms with van der Waals surface area (Å²) in [5.41, 5.74) is -0.0373. The Hall–Kier alpha value is -1.87. The van der Waals surface area contributed by atoms with Crippen LogP contribution in [0.5, 0.6) is 5.75 Å². The molecule has 9 heteroatoms. The number of alkyl halides is 3. The van der Waals surface area contributed by atoms with Crippen molar-refractivity contribution in [2.24, 2.45) is 0 Å². The predicted octanol–water partition coefficient (Wildman–Crippen LogP) is 2.04. The van der Waals surface area contributed by atoms with Crippen molar-refractivity contribution in [3.63, 3.8) is 0 Å². The van der Waals surface area contributed by atoms with E-state index in [4.69, 9.17) is 9.84 Å². The van der Waals surface area contributed by atoms with Crippen LogP contribution in [0.1, 0.15) is 5.56 Å². The number of benzene rings is 1. The van der Waals surface area contributed by atoms with Gasteiger partial charge in [-0.05, 0) is 11.6 Å². The Morgan fingerprint density at radius 3 is 2.55 bits per heavy atom. The Bertz CT molecular complexity index is 464. The fourth-order valence-electron chi connectivity index (χ4n) is 1.32. The first-order chi connectivity index (χ1) is 9.33. The van der Waals surface area contributed by atoms with Crippen molar-refractivity contribution in [3.05, 3.63) is 33.9 Å². The van der Waals surface area contributed by atoms with E-state index in [1.54, 1.807) is 0 Å². The van der Waals surface area contributed by atoms with Gasteiger partial charge >= 0.3 is 11.9 Å². The highest BCUT2D eigenvalue weighted by atomic mass is 19.4. The molecule has 0 aliphatic heterocycles. The van der Waals surface area contributed by atoms with E-state index in [0.29, 0.717) is 5.56 Å². The number of halogens is 3. The van der Waals surface area contributed by atoms with Crippen molar-refractivity contribution in [2.45, 2.75) is 12.8 Å². The van der Waals surface area contributed by atoms with Gasteiger partial charge in [-0.25, -0.2) is 0 Å². The topological polar surface area (TPSA) is 81.8 Å². The summed E-state index contributed by atoms with van der Waals surface area (Å²) in [6, 6.07) is 3.82. The zero-order valence-electron chi connectivity index (χ0n) is 10.2. The number of aliphatic hydroxyl groups excluding tert-OH is 1. The van der Waals surface area contributed by atoms with Crippen molar-refractivity contribution in [1.82, 2.24) is 0 Å². The highest BCUT2D eigenvalue weighted by Crippen LogP contribution is 2.28. The van der Waals surface area contributed by atoms with E-state index < -0.39 is 17.7 Å². The largest absolute Gasteiger partial charge is 0.484 e. The van der Waals surface area contributed by atoms with E-state index in [0.717, 1.165) is 6.07 Å². The molecule has 20 heavy (non-hydrogen) atoms. The summed E-state index contributed by atoms with van der Waals surface area (Å²) in [6.45, 7) is -2.37. The third-order valence-corrected chi connectivity index (χ3v) is 2.15. The quantitative estimate of drug-likeness (QED) is 0.473. The molecule has 0 aliphatic rings. The van der Waals surface area contributed by atoms with Crippen LogP contribution in [0, 0.1) is 10.1 Å². The number of aliphatic hydroxyl groups is 1. The number of rotatable bonds is 7. The molecule has 112 valence electrons. The molecule has 0 heterocycles. The summed E-state index contributed by atoms with van der Waals surface area (Å²) >= 11 is 0. The maximum atomic E-state index is 11.8. The van der Waals surface area contributed by atoms with Gasteiger partial charge in [0.05, 0.1) is 18.1 Å². The van der Waals surface area contributed by atoms with Crippen LogP contribution in [0.2, 0.25) is 0 Å². The summed E-state index contributed by atoms with van der Waals surface area (Å²) < 4.78 is 44.6. The highest BCUT2D eigenvalue weighted by molar-refractivity contribution is 5.48. The summed E-state index contributed by atoms with van der Waals surface area (Å²) in [5, 5.41) is 19.6. The summed E-state index contributed by atoms with van der Waals surface area (Å²) in [5.74, 6) is -0.0946. The maximum absolute atomic E-state index is 11.8. The molecule has 0 fully saturated rings. The number of ether oxygens (including phenoxy) is 2. The Morgan fingerprint density at radius 2 is 2.00 bits per heavy atom. The highest BCUT2D eigenvalue weighted by Gasteiger charge is 2.27. The average Bonchev–Trinajstić information content (AvgIpc) is 2.37. The minimum atomic E-state index is -4.42. The second-order valence-corrected chi connectivity index (χ2v) is 3.73. The van der Waals surface area contributed by atoms with E-state index in [9.17, 15) is 23.3 Å². The Labute approximate surface area is 111 Å². The molecule has 0 aromatic heterocycles. The second kappa shape index (κ2) is 7.06. The molecule has 1 aromatic rings. The summed E-state index contributed by atoms with van der Waals surface area (Å²) in [6.07, 6.45) is -4.42. The first-order valence-electron chi connectivity index (χ1n) is 5.49. The van der Waals surface area contributed by atoms with Gasteiger partial charge in [-0.3, -0.25) is 10.1 Å². The monoisotopic (exact) mass is 295 g/mol. The van der Waals surface area contributed by atoms with E-state index in [-0.39, 0.29) is 31.3 Å². The molecule has 1 N–H and O–H groups in total. The lowest BCUT2D eigenvalue weighted by atomic mass is 10.2. The predicted molar refractivity (Wildman–Crippen MR) is 61.4 cm³/mol. The van der Waals surface area contributed by atoms with Crippen LogP contribution in [0.25, 0.3) is 0 Å². The molecule has 0 amide bonds. The lowest BCUT2D eigenvalue weighted by molar-refractivity contribution is -0.386. The third kappa shape index (κ3) is 5.41. The standard InChI is InChI=1S/C11H12F3NO5/c12-11(13,14)7-19-3-4-20-10-2-1-8(6-16)5-9(10)15(17)18/h1-2,5,16H,3-4,6-7H2. The normalized spacial score (nSPS) is 11.4. The van der Waals surface area contributed by atoms with Gasteiger partial charge in [-0.15, -0.1) is 0 Å². The Balaban J connectivity index is 2.53. The molecular weight excluding hydrogens is 283 g/mol. The fraction of sp³-hybridized carbons (Fsp3) is 0.455. The van der Waals surface area contributed by atoms with Gasteiger partial charge in [0.1, 0.15) is 13.2 Å². The number of hydrogen-bond acceptors (Lipinski definition) is 5. The SMILES string of the molecule is O=[N+]([O-])c1cc(CO)ccc1OCCOCC(F)(F)F. The molecule has 1 rings (SSSR count). The second-order valence-electron chi connectivity index (χ2n) is 3.73. The van der Waals surface area contributed by atoms with Crippen molar-refractivity contribution < 1.29 is 32.7 Å². The van der Waals surface area contributed by atoms with Crippen LogP contribution in [-0.2, 0) is 11.3 Å². The van der Waals surface area contributed by atoms with E-state index in [1.165, 1.54) is 12.1 Å². The zero-order chi connectivity index (χ0) is 15.2. The Morgan fingerprint density at radius 1 is 1.30 bits per heavy atom. The molecule has 0 saturated carbocycles. The van der Waals surface area contributed by atoms with Crippen LogP contribution in [-0.4, -0.2) is 36.0 Å². The molecule has 0 aliphatic carbocycles. The summed E-state index contributed by atoms with van der Waals surface area (Å²) in [7, 11) is 0. The average molecular weight is 295 g/mol. The van der Waals surface area contributed by atoms with Crippen molar-refractivity contribution in [2.75, 3.05) is 19.8 Å². The molecule has 0 unspecified atom stereocenters. The smallest absolute Gasteiger partial charge is 0.411 e. The van der Waals surface area contributed by atoms with E-state index in [1.807, 2.05) is 0 Å². The van der Waals surface area contributed by atoms with Gasteiger partial charge in [0.2, 0.25) is 0 Å². The van der Waals surface area contributed by atoms with Gasteiger partial charge in [0.15, 0.2) is 5.75 Å². The fourth-order valence-corrected chi connectivity index (χ4v) is 1.32. The van der Waals surface area contributed by atoms with E-state index >= 15 is 0 Å². The molecule has 1 aromatic carbocycles. The minimum absolute atomic E-state index is 0.0946. The minimum Gasteiger partial charge on any atom is -0.484 e. The van der Waals surface area contributed by atoms with Gasteiger partial charge in [-0.2, -0.15) is 13.2 Å². The molecular formula is C11H12F3NO5. The van der Waals surface area contributed by atoms with Crippen LogP contribution >= 0.6 is 0 Å². The first kappa shape index (κ1) is 16.2. The van der Waals surface area contributed by atoms with Crippen LogP contribution < -0.4 is 4.74 Å². The van der Waals surface area contributed by atoms with Crippen LogP contribution in [0.15, 0.2) is 18.2 Å². The third-order valence-electron chi connectivity index (χ3n) is 2.15. The van der Waals surface area contributed by atoms with Crippen LogP contribution in [0.3, 0.4) is 0 Å². The number of hydrogen-bond donors (Lipinski definition) is 1. The van der Waals surface area contributed by atoms with Crippen molar-refractivity contribution >= 4 is 5.69 Å². The number of nitrogens with zero attached hydrogens (tertiary/aromatic N) is 1. The number of nitro benzene ring substituents is 1. The van der Waals surface area contributed by atoms with Gasteiger partial charge in [0, 0.05) is 6.07 Å². The first-order valence-corrected chi connectivity index (χ1v) is 5.49. The molecule has 0 saturated heterocycles. The molecule has 0 bridgehead atoms. The van der Waals surface area contributed by atoms with E-state index in [2.05, 4.69) is 4.74 Å². The maximum Gasteiger partial charge on any atom is 0.411 e. The molecule has 6 nitrogen and oxygen atoms in total. The van der Waals surface area contributed by atoms with Gasteiger partial charge < -0.3 is 14.6 Å². The number of nitro groups is 1. The lowest BCUT2D eigenvalue weighted by Gasteiger charge is -2.09. The Kier molecular flexibility index (Phi) is 5.71. The molecule has 0 spiro atoms. The molecule has 0 atom stereocenters. The van der Waals surface area contributed by atoms with Crippen molar-refractivity contribution in [1.29, 1.82) is 0 Å². The van der Waals surface area contributed by atoms with Gasteiger partial charge in [-0.1, -0.05) is 6.07 Å². The molecule has 0 radical (unpaired) electrons. The van der Waals surface area contributed by atoms with Crippen molar-refractivity contribution in [3.8, 4) is 5.75 Å². The lowest BCUT2D eigenvalue weighted by Crippen LogP contribution is -2.19. The zero-order valence-corrected chi connectivity index (χ0v) is 10.2.